The maximum absolute atomic E-state index is 5.89. The van der Waals surface area contributed by atoms with Crippen molar-refractivity contribution in [3.8, 4) is 0 Å². The highest BCUT2D eigenvalue weighted by atomic mass is 35.5. The van der Waals surface area contributed by atoms with Crippen LogP contribution in [0.2, 0.25) is 5.02 Å². The van der Waals surface area contributed by atoms with Gasteiger partial charge in [-0.25, -0.2) is 0 Å². The van der Waals surface area contributed by atoms with Gasteiger partial charge in [-0.3, -0.25) is 0 Å². The predicted molar refractivity (Wildman–Crippen MR) is 146 cm³/mol. The van der Waals surface area contributed by atoms with Crippen LogP contribution in [-0.4, -0.2) is 0 Å². The summed E-state index contributed by atoms with van der Waals surface area (Å²) >= 11 is 5.89. The first kappa shape index (κ1) is 28.0. The van der Waals surface area contributed by atoms with Gasteiger partial charge < -0.3 is 0 Å². The highest BCUT2D eigenvalue weighted by Gasteiger charge is 2.01. The zero-order valence-corrected chi connectivity index (χ0v) is 22.6. The van der Waals surface area contributed by atoms with Gasteiger partial charge in [0, 0.05) is 5.02 Å². The summed E-state index contributed by atoms with van der Waals surface area (Å²) < 4.78 is 0. The molecule has 174 valence electrons. The Hall–Kier alpha value is -2.05. The Balaban J connectivity index is 0.000000240. The van der Waals surface area contributed by atoms with Gasteiger partial charge in [0.15, 0.2) is 0 Å². The van der Waals surface area contributed by atoms with E-state index in [9.17, 15) is 0 Å². The summed E-state index contributed by atoms with van der Waals surface area (Å²) in [5, 5.41) is 0.856. The Morgan fingerprint density at radius 2 is 0.969 bits per heavy atom. The van der Waals surface area contributed by atoms with Crippen LogP contribution in [0.1, 0.15) is 98.2 Å². The largest absolute Gasteiger partial charge is 0.0841 e. The molecular formula is C31H43Cl. The number of hydrogen-bond acceptors (Lipinski definition) is 0. The fourth-order valence-electron chi connectivity index (χ4n) is 3.40. The van der Waals surface area contributed by atoms with Gasteiger partial charge in [0.2, 0.25) is 0 Å². The molecule has 0 fully saturated rings. The van der Waals surface area contributed by atoms with E-state index in [0.29, 0.717) is 17.8 Å². The maximum atomic E-state index is 5.89. The molecule has 0 unspecified atom stereocenters. The Labute approximate surface area is 203 Å². The number of hydrogen-bond donors (Lipinski definition) is 0. The molecule has 3 rings (SSSR count). The van der Waals surface area contributed by atoms with E-state index in [1.165, 1.54) is 33.4 Å². The number of benzene rings is 3. The minimum atomic E-state index is 0.589. The summed E-state index contributed by atoms with van der Waals surface area (Å²) in [6.07, 6.45) is 0. The molecule has 0 N–H and O–H groups in total. The molecule has 32 heavy (non-hydrogen) atoms. The van der Waals surface area contributed by atoms with Crippen LogP contribution in [0.4, 0.5) is 0 Å². The fourth-order valence-corrected chi connectivity index (χ4v) is 3.52. The molecule has 0 aliphatic heterocycles. The van der Waals surface area contributed by atoms with Crippen molar-refractivity contribution in [2.24, 2.45) is 0 Å². The lowest BCUT2D eigenvalue weighted by Gasteiger charge is -2.07. The van der Waals surface area contributed by atoms with Crippen molar-refractivity contribution in [1.29, 1.82) is 0 Å². The molecule has 0 atom stereocenters. The summed E-state index contributed by atoms with van der Waals surface area (Å²) in [4.78, 5) is 0. The van der Waals surface area contributed by atoms with Crippen LogP contribution in [0.3, 0.4) is 0 Å². The molecule has 0 heterocycles. The SMILES string of the molecule is Cc1cc(C(C)C)ccc1Cl.Cc1cc(C)cc(C(C)C)c1.Cc1cccc(C(C)C)c1. The van der Waals surface area contributed by atoms with Crippen LogP contribution in [-0.2, 0) is 0 Å². The molecule has 3 aromatic carbocycles. The van der Waals surface area contributed by atoms with Crippen molar-refractivity contribution >= 4 is 11.6 Å². The summed E-state index contributed by atoms with van der Waals surface area (Å²) in [6, 6.07) is 21.6. The second-order valence-corrected chi connectivity index (χ2v) is 10.2. The number of rotatable bonds is 3. The molecule has 0 aliphatic carbocycles. The smallest absolute Gasteiger partial charge is 0.0435 e. The van der Waals surface area contributed by atoms with E-state index in [1.54, 1.807) is 0 Å². The van der Waals surface area contributed by atoms with Crippen molar-refractivity contribution in [2.75, 3.05) is 0 Å². The minimum absolute atomic E-state index is 0.589. The highest BCUT2D eigenvalue weighted by molar-refractivity contribution is 6.31. The Bertz CT molecular complexity index is 944. The second kappa shape index (κ2) is 13.5. The number of halogens is 1. The third-order valence-corrected chi connectivity index (χ3v) is 5.89. The second-order valence-electron chi connectivity index (χ2n) is 9.81. The average molecular weight is 451 g/mol. The van der Waals surface area contributed by atoms with E-state index < -0.39 is 0 Å². The van der Waals surface area contributed by atoms with Gasteiger partial charge in [-0.2, -0.15) is 0 Å². The van der Waals surface area contributed by atoms with Gasteiger partial charge >= 0.3 is 0 Å². The van der Waals surface area contributed by atoms with E-state index in [0.717, 1.165) is 10.6 Å². The fraction of sp³-hybridized carbons (Fsp3) is 0.419. The standard InChI is InChI=1S/C11H16.C10H13Cl.C10H14/c1-8(2)11-6-9(3)5-10(4)7-11;1-7(2)9-4-5-10(11)8(3)6-9;1-8(2)10-6-4-5-9(3)7-10/h5-8H,1-4H3;4-7H,1-3H3;4-8H,1-3H3. The molecule has 0 radical (unpaired) electrons. The average Bonchev–Trinajstić information content (AvgIpc) is 2.70. The van der Waals surface area contributed by atoms with E-state index in [1.807, 2.05) is 13.0 Å². The first-order valence-corrected chi connectivity index (χ1v) is 12.2. The Morgan fingerprint density at radius 1 is 0.500 bits per heavy atom. The van der Waals surface area contributed by atoms with Gasteiger partial charge in [-0.05, 0) is 73.8 Å². The van der Waals surface area contributed by atoms with E-state index >= 15 is 0 Å². The molecule has 0 saturated heterocycles. The summed E-state index contributed by atoms with van der Waals surface area (Å²) in [5.41, 5.74) is 9.49. The van der Waals surface area contributed by atoms with Gasteiger partial charge in [0.05, 0.1) is 0 Å². The first-order chi connectivity index (χ1) is 14.9. The van der Waals surface area contributed by atoms with Crippen molar-refractivity contribution in [1.82, 2.24) is 0 Å². The molecule has 0 aromatic heterocycles. The van der Waals surface area contributed by atoms with Crippen molar-refractivity contribution in [2.45, 2.75) is 87.0 Å². The zero-order valence-electron chi connectivity index (χ0n) is 21.9. The lowest BCUT2D eigenvalue weighted by Crippen LogP contribution is -1.89. The topological polar surface area (TPSA) is 0 Å². The molecule has 0 aliphatic rings. The lowest BCUT2D eigenvalue weighted by atomic mass is 9.99. The quantitative estimate of drug-likeness (QED) is 0.372. The van der Waals surface area contributed by atoms with Gasteiger partial charge in [0.1, 0.15) is 0 Å². The lowest BCUT2D eigenvalue weighted by molar-refractivity contribution is 0.863. The van der Waals surface area contributed by atoms with Crippen molar-refractivity contribution < 1.29 is 0 Å². The summed E-state index contributed by atoms with van der Waals surface area (Å²) in [6.45, 7) is 21.7. The molecule has 0 bridgehead atoms. The number of aryl methyl sites for hydroxylation is 4. The van der Waals surface area contributed by atoms with Crippen LogP contribution < -0.4 is 0 Å². The zero-order chi connectivity index (χ0) is 24.4. The van der Waals surface area contributed by atoms with Crippen LogP contribution in [0, 0.1) is 27.7 Å². The Morgan fingerprint density at radius 3 is 1.38 bits per heavy atom. The first-order valence-electron chi connectivity index (χ1n) is 11.8. The molecule has 0 saturated carbocycles. The molecule has 1 heteroatoms. The van der Waals surface area contributed by atoms with E-state index in [4.69, 9.17) is 11.6 Å². The van der Waals surface area contributed by atoms with Crippen LogP contribution >= 0.6 is 11.6 Å². The molecule has 3 aromatic rings. The van der Waals surface area contributed by atoms with Gasteiger partial charge in [0.25, 0.3) is 0 Å². The highest BCUT2D eigenvalue weighted by Crippen LogP contribution is 2.21. The molecule has 0 amide bonds. The van der Waals surface area contributed by atoms with Crippen LogP contribution in [0.25, 0.3) is 0 Å². The maximum Gasteiger partial charge on any atom is 0.0435 e. The monoisotopic (exact) mass is 450 g/mol. The summed E-state index contributed by atoms with van der Waals surface area (Å²) in [7, 11) is 0. The molecule has 0 spiro atoms. The van der Waals surface area contributed by atoms with Crippen LogP contribution in [0.5, 0.6) is 0 Å². The van der Waals surface area contributed by atoms with Gasteiger partial charge in [-0.15, -0.1) is 0 Å². The molecule has 0 nitrogen and oxygen atoms in total. The van der Waals surface area contributed by atoms with E-state index in [-0.39, 0.29) is 0 Å². The normalized spacial score (nSPS) is 10.6. The van der Waals surface area contributed by atoms with Crippen LogP contribution in [0.15, 0.2) is 60.7 Å². The van der Waals surface area contributed by atoms with Crippen molar-refractivity contribution in [3.63, 3.8) is 0 Å². The summed E-state index contributed by atoms with van der Waals surface area (Å²) in [5.74, 6) is 1.89. The third-order valence-electron chi connectivity index (χ3n) is 5.47. The molecular weight excluding hydrogens is 408 g/mol. The van der Waals surface area contributed by atoms with Gasteiger partial charge in [-0.1, -0.05) is 124 Å². The minimum Gasteiger partial charge on any atom is -0.0841 e. The third kappa shape index (κ3) is 10.0. The van der Waals surface area contributed by atoms with E-state index in [2.05, 4.69) is 117 Å². The Kier molecular flexibility index (Phi) is 11.8. The van der Waals surface area contributed by atoms with Crippen molar-refractivity contribution in [3.05, 3.63) is 105 Å². The predicted octanol–water partition coefficient (Wildman–Crippen LogP) is 10.3.